The largest absolute Gasteiger partial charge is 0.468 e. The Hall–Kier alpha value is -1.94. The van der Waals surface area contributed by atoms with Crippen molar-refractivity contribution in [2.24, 2.45) is 0 Å². The molecule has 2 saturated carbocycles. The van der Waals surface area contributed by atoms with E-state index in [1.165, 1.54) is 12.8 Å². The van der Waals surface area contributed by atoms with Crippen molar-refractivity contribution in [2.75, 3.05) is 0 Å². The van der Waals surface area contributed by atoms with Crippen LogP contribution in [0.3, 0.4) is 0 Å². The van der Waals surface area contributed by atoms with E-state index < -0.39 is 11.2 Å². The highest BCUT2D eigenvalue weighted by molar-refractivity contribution is 5.49. The van der Waals surface area contributed by atoms with E-state index in [-0.39, 0.29) is 11.5 Å². The van der Waals surface area contributed by atoms with Gasteiger partial charge in [0.2, 0.25) is 0 Å². The summed E-state index contributed by atoms with van der Waals surface area (Å²) in [5.74, 6) is 11.1. The lowest BCUT2D eigenvalue weighted by Crippen LogP contribution is -2.35. The van der Waals surface area contributed by atoms with Crippen molar-refractivity contribution in [3.8, 4) is 11.8 Å². The van der Waals surface area contributed by atoms with Gasteiger partial charge in [-0.15, -0.1) is 0 Å². The van der Waals surface area contributed by atoms with Crippen molar-refractivity contribution in [3.63, 3.8) is 0 Å². The molecule has 4 nitrogen and oxygen atoms in total. The van der Waals surface area contributed by atoms with Gasteiger partial charge in [-0.25, -0.2) is 9.59 Å². The minimum Gasteiger partial charge on any atom is -0.468 e. The highest BCUT2D eigenvalue weighted by Crippen LogP contribution is 2.34. The molecule has 0 unspecified atom stereocenters. The third-order valence-corrected chi connectivity index (χ3v) is 5.82. The van der Waals surface area contributed by atoms with Gasteiger partial charge in [-0.05, 0) is 51.4 Å². The maximum atomic E-state index is 11.1. The fourth-order valence-electron chi connectivity index (χ4n) is 4.31. The average molecular weight is 387 g/mol. The van der Waals surface area contributed by atoms with Crippen LogP contribution in [0, 0.1) is 11.8 Å². The fourth-order valence-corrected chi connectivity index (χ4v) is 4.31. The molecule has 4 heteroatoms. The van der Waals surface area contributed by atoms with E-state index in [1.54, 1.807) is 13.8 Å². The van der Waals surface area contributed by atoms with Gasteiger partial charge in [-0.1, -0.05) is 50.4 Å². The van der Waals surface area contributed by atoms with Crippen molar-refractivity contribution >= 4 is 11.9 Å². The molecule has 0 aromatic heterocycles. The van der Waals surface area contributed by atoms with Crippen LogP contribution >= 0.6 is 0 Å². The Morgan fingerprint density at radius 1 is 0.571 bits per heavy atom. The van der Waals surface area contributed by atoms with E-state index in [0.717, 1.165) is 77.0 Å². The first-order valence-electron chi connectivity index (χ1n) is 10.9. The molecular weight excluding hydrogens is 352 g/mol. The first-order chi connectivity index (χ1) is 13.5. The summed E-state index contributed by atoms with van der Waals surface area (Å²) >= 11 is 0. The Kier molecular flexibility index (Phi) is 8.91. The second-order valence-electron chi connectivity index (χ2n) is 8.29. The van der Waals surface area contributed by atoms with Crippen LogP contribution in [0.1, 0.15) is 104 Å². The summed E-state index contributed by atoms with van der Waals surface area (Å²) in [6, 6.07) is 0. The molecule has 2 aliphatic carbocycles. The molecule has 28 heavy (non-hydrogen) atoms. The summed E-state index contributed by atoms with van der Waals surface area (Å²) in [5, 5.41) is 0. The molecule has 0 saturated heterocycles. The summed E-state index contributed by atoms with van der Waals surface area (Å²) in [4.78, 5) is 22.2. The van der Waals surface area contributed by atoms with Gasteiger partial charge < -0.3 is 9.47 Å². The minimum absolute atomic E-state index is 0.256. The van der Waals surface area contributed by atoms with Crippen LogP contribution in [-0.2, 0) is 19.1 Å². The molecule has 0 atom stereocenters. The second kappa shape index (κ2) is 11.2. The molecule has 0 aromatic carbocycles. The SMILES string of the molecule is CC(=C=O)OC1(C#CC2(OC(C)=C=O)CCCCCCC2)CCCCCCC1. The van der Waals surface area contributed by atoms with Crippen LogP contribution in [0.5, 0.6) is 0 Å². The topological polar surface area (TPSA) is 52.6 Å². The van der Waals surface area contributed by atoms with Crippen LogP contribution < -0.4 is 0 Å². The standard InChI is InChI=1S/C24H34O4/c1-21(19-25)27-23(13-9-5-3-6-10-14-23)17-18-24(28-22(2)20-26)15-11-7-4-8-12-16-24/h3-16H2,1-2H3. The summed E-state index contributed by atoms with van der Waals surface area (Å²) in [6.07, 6.45) is 14.4. The zero-order chi connectivity index (χ0) is 20.3. The van der Waals surface area contributed by atoms with Crippen LogP contribution in [0.15, 0.2) is 11.5 Å². The number of hydrogen-bond donors (Lipinski definition) is 0. The Bertz CT molecular complexity index is 596. The normalized spacial score (nSPS) is 21.6. The summed E-state index contributed by atoms with van der Waals surface area (Å²) in [6.45, 7) is 3.30. The lowest BCUT2D eigenvalue weighted by molar-refractivity contribution is 0.0236. The molecule has 0 radical (unpaired) electrons. The van der Waals surface area contributed by atoms with E-state index in [0.29, 0.717) is 0 Å². The maximum Gasteiger partial charge on any atom is 0.178 e. The van der Waals surface area contributed by atoms with Crippen molar-refractivity contribution in [2.45, 2.75) is 115 Å². The predicted octanol–water partition coefficient (Wildman–Crippen LogP) is 5.46. The van der Waals surface area contributed by atoms with Crippen LogP contribution in [0.2, 0.25) is 0 Å². The third kappa shape index (κ3) is 6.90. The fraction of sp³-hybridized carbons (Fsp3) is 0.750. The molecule has 2 fully saturated rings. The van der Waals surface area contributed by atoms with Crippen LogP contribution in [-0.4, -0.2) is 23.1 Å². The van der Waals surface area contributed by atoms with E-state index >= 15 is 0 Å². The smallest absolute Gasteiger partial charge is 0.178 e. The molecule has 0 amide bonds. The Morgan fingerprint density at radius 3 is 1.14 bits per heavy atom. The highest BCUT2D eigenvalue weighted by atomic mass is 16.5. The maximum absolute atomic E-state index is 11.1. The van der Waals surface area contributed by atoms with Crippen molar-refractivity contribution in [1.29, 1.82) is 0 Å². The van der Waals surface area contributed by atoms with Gasteiger partial charge in [0.25, 0.3) is 0 Å². The molecule has 2 rings (SSSR count). The van der Waals surface area contributed by atoms with Gasteiger partial charge in [-0.2, -0.15) is 0 Å². The van der Waals surface area contributed by atoms with Crippen LogP contribution in [0.4, 0.5) is 0 Å². The lowest BCUT2D eigenvalue weighted by Gasteiger charge is -2.34. The molecule has 0 spiro atoms. The zero-order valence-electron chi connectivity index (χ0n) is 17.5. The summed E-state index contributed by atoms with van der Waals surface area (Å²) in [7, 11) is 0. The number of ether oxygens (including phenoxy) is 2. The first kappa shape index (κ1) is 22.4. The number of hydrogen-bond acceptors (Lipinski definition) is 4. The quantitative estimate of drug-likeness (QED) is 0.366. The average Bonchev–Trinajstić information content (AvgIpc) is 2.65. The Morgan fingerprint density at radius 2 is 0.857 bits per heavy atom. The van der Waals surface area contributed by atoms with Crippen molar-refractivity contribution in [1.82, 2.24) is 0 Å². The van der Waals surface area contributed by atoms with Crippen molar-refractivity contribution < 1.29 is 19.1 Å². The summed E-state index contributed by atoms with van der Waals surface area (Å²) in [5.41, 5.74) is -1.33. The number of allylic oxidation sites excluding steroid dienone is 2. The van der Waals surface area contributed by atoms with E-state index in [1.807, 2.05) is 11.9 Å². The highest BCUT2D eigenvalue weighted by Gasteiger charge is 2.35. The number of carbonyl (C=O) groups excluding carboxylic acids is 2. The predicted molar refractivity (Wildman–Crippen MR) is 110 cm³/mol. The molecule has 0 bridgehead atoms. The van der Waals surface area contributed by atoms with Gasteiger partial charge in [-0.3, -0.25) is 0 Å². The number of rotatable bonds is 4. The summed E-state index contributed by atoms with van der Waals surface area (Å²) < 4.78 is 12.1. The lowest BCUT2D eigenvalue weighted by atomic mass is 9.83. The van der Waals surface area contributed by atoms with Gasteiger partial charge in [0.1, 0.15) is 0 Å². The van der Waals surface area contributed by atoms with E-state index in [9.17, 15) is 9.59 Å². The van der Waals surface area contributed by atoms with Gasteiger partial charge >= 0.3 is 0 Å². The Balaban J connectivity index is 2.38. The molecule has 0 aliphatic heterocycles. The van der Waals surface area contributed by atoms with Gasteiger partial charge in [0.05, 0.1) is 0 Å². The minimum atomic E-state index is -0.667. The van der Waals surface area contributed by atoms with Crippen LogP contribution in [0.25, 0.3) is 0 Å². The molecule has 154 valence electrons. The first-order valence-corrected chi connectivity index (χ1v) is 10.9. The van der Waals surface area contributed by atoms with E-state index in [4.69, 9.17) is 9.47 Å². The second-order valence-corrected chi connectivity index (χ2v) is 8.29. The molecule has 0 N–H and O–H groups in total. The van der Waals surface area contributed by atoms with E-state index in [2.05, 4.69) is 11.8 Å². The molecular formula is C24H34O4. The van der Waals surface area contributed by atoms with Gasteiger partial charge in [0, 0.05) is 13.8 Å². The molecule has 0 aromatic rings. The Labute approximate surface area is 169 Å². The van der Waals surface area contributed by atoms with Crippen molar-refractivity contribution in [3.05, 3.63) is 11.5 Å². The third-order valence-electron chi connectivity index (χ3n) is 5.82. The molecule has 0 heterocycles. The zero-order valence-corrected chi connectivity index (χ0v) is 17.5. The monoisotopic (exact) mass is 386 g/mol. The molecule has 2 aliphatic rings. The van der Waals surface area contributed by atoms with Gasteiger partial charge in [0.15, 0.2) is 34.6 Å².